The molecule has 0 spiro atoms. The summed E-state index contributed by atoms with van der Waals surface area (Å²) in [5.74, 6) is -1.00. The molecule has 90 valence electrons. The molecule has 0 aliphatic heterocycles. The summed E-state index contributed by atoms with van der Waals surface area (Å²) in [6, 6.07) is 3.91. The maximum atomic E-state index is 11.1. The Morgan fingerprint density at radius 2 is 1.62 bits per heavy atom. The third kappa shape index (κ3) is 2.54. The maximum Gasteiger partial charge on any atom is 0.328 e. The van der Waals surface area contributed by atoms with Crippen molar-refractivity contribution in [1.82, 2.24) is 0 Å². The Kier molecular flexibility index (Phi) is 4.53. The van der Waals surface area contributed by atoms with Crippen LogP contribution in [0.2, 0.25) is 0 Å². The van der Waals surface area contributed by atoms with E-state index in [9.17, 15) is 4.79 Å². The van der Waals surface area contributed by atoms with Gasteiger partial charge in [0.05, 0.1) is 0 Å². The Bertz CT molecular complexity index is 390. The number of hydrogen-bond donors (Lipinski definition) is 2. The lowest BCUT2D eigenvalue weighted by atomic mass is 9.85. The summed E-state index contributed by atoms with van der Waals surface area (Å²) in [7, 11) is 0. The minimum absolute atomic E-state index is 0. The third-order valence-electron chi connectivity index (χ3n) is 2.64. The molecule has 3 nitrogen and oxygen atoms in total. The van der Waals surface area contributed by atoms with E-state index in [0.29, 0.717) is 5.56 Å². The van der Waals surface area contributed by atoms with Crippen LogP contribution >= 0.6 is 12.4 Å². The van der Waals surface area contributed by atoms with Crippen LogP contribution in [0.1, 0.15) is 29.2 Å². The fourth-order valence-corrected chi connectivity index (χ4v) is 2.11. The van der Waals surface area contributed by atoms with E-state index in [-0.39, 0.29) is 12.4 Å². The number of carboxylic acid groups (broad SMARTS) is 1. The van der Waals surface area contributed by atoms with Gasteiger partial charge in [0.1, 0.15) is 5.54 Å². The third-order valence-corrected chi connectivity index (χ3v) is 2.64. The molecule has 0 fully saturated rings. The number of nitrogens with two attached hydrogens (primary N) is 1. The standard InChI is InChI=1S/C12H17NO2.ClH/c1-7-5-8(2)10(9(3)6-7)12(4,13)11(14)15;/h5-6H,13H2,1-4H3,(H,14,15);1H. The second kappa shape index (κ2) is 4.85. The van der Waals surface area contributed by atoms with Crippen LogP contribution < -0.4 is 5.73 Å². The maximum absolute atomic E-state index is 11.1. The van der Waals surface area contributed by atoms with Gasteiger partial charge in [0, 0.05) is 0 Å². The Morgan fingerprint density at radius 3 is 1.94 bits per heavy atom. The van der Waals surface area contributed by atoms with Crippen LogP contribution in [0.25, 0.3) is 0 Å². The highest BCUT2D eigenvalue weighted by molar-refractivity contribution is 5.85. The number of aryl methyl sites for hydroxylation is 3. The van der Waals surface area contributed by atoms with E-state index in [0.717, 1.165) is 16.7 Å². The van der Waals surface area contributed by atoms with Crippen molar-refractivity contribution in [2.75, 3.05) is 0 Å². The van der Waals surface area contributed by atoms with Crippen molar-refractivity contribution in [2.24, 2.45) is 5.73 Å². The first kappa shape index (κ1) is 14.9. The van der Waals surface area contributed by atoms with E-state index in [4.69, 9.17) is 10.8 Å². The smallest absolute Gasteiger partial charge is 0.328 e. The molecule has 0 amide bonds. The number of aliphatic carboxylic acids is 1. The van der Waals surface area contributed by atoms with E-state index in [1.165, 1.54) is 6.92 Å². The summed E-state index contributed by atoms with van der Waals surface area (Å²) in [5.41, 5.74) is 8.21. The second-order valence-corrected chi connectivity index (χ2v) is 4.28. The van der Waals surface area contributed by atoms with Gasteiger partial charge < -0.3 is 10.8 Å². The van der Waals surface area contributed by atoms with E-state index in [2.05, 4.69) is 0 Å². The van der Waals surface area contributed by atoms with Crippen molar-refractivity contribution in [3.63, 3.8) is 0 Å². The molecule has 0 saturated carbocycles. The average Bonchev–Trinajstić information content (AvgIpc) is 2.00. The zero-order valence-corrected chi connectivity index (χ0v) is 10.8. The molecular formula is C12H18ClNO2. The number of rotatable bonds is 2. The fourth-order valence-electron chi connectivity index (χ4n) is 2.11. The van der Waals surface area contributed by atoms with Gasteiger partial charge in [-0.3, -0.25) is 0 Å². The van der Waals surface area contributed by atoms with Crippen LogP contribution in [0.3, 0.4) is 0 Å². The second-order valence-electron chi connectivity index (χ2n) is 4.28. The number of carboxylic acids is 1. The molecule has 0 aromatic heterocycles. The first-order chi connectivity index (χ1) is 6.76. The average molecular weight is 244 g/mol. The zero-order chi connectivity index (χ0) is 11.8. The molecule has 1 atom stereocenters. The number of hydrogen-bond acceptors (Lipinski definition) is 2. The number of benzene rings is 1. The van der Waals surface area contributed by atoms with Crippen molar-refractivity contribution in [2.45, 2.75) is 33.2 Å². The van der Waals surface area contributed by atoms with Crippen LogP contribution in [0.4, 0.5) is 0 Å². The molecule has 0 bridgehead atoms. The van der Waals surface area contributed by atoms with E-state index in [1.54, 1.807) is 0 Å². The van der Waals surface area contributed by atoms with E-state index < -0.39 is 11.5 Å². The van der Waals surface area contributed by atoms with Crippen LogP contribution in [-0.2, 0) is 10.3 Å². The van der Waals surface area contributed by atoms with Gasteiger partial charge in [-0.1, -0.05) is 17.7 Å². The predicted octanol–water partition coefficient (Wildman–Crippen LogP) is 2.29. The van der Waals surface area contributed by atoms with Crippen LogP contribution in [0.5, 0.6) is 0 Å². The van der Waals surface area contributed by atoms with Gasteiger partial charge in [-0.2, -0.15) is 0 Å². The molecule has 1 unspecified atom stereocenters. The minimum atomic E-state index is -1.32. The van der Waals surface area contributed by atoms with Gasteiger partial charge in [-0.05, 0) is 44.4 Å². The first-order valence-electron chi connectivity index (χ1n) is 4.87. The van der Waals surface area contributed by atoms with Gasteiger partial charge in [-0.25, -0.2) is 4.79 Å². The van der Waals surface area contributed by atoms with E-state index in [1.807, 2.05) is 32.9 Å². The van der Waals surface area contributed by atoms with Crippen LogP contribution in [-0.4, -0.2) is 11.1 Å². The summed E-state index contributed by atoms with van der Waals surface area (Å²) in [5, 5.41) is 9.09. The summed E-state index contributed by atoms with van der Waals surface area (Å²) in [6.07, 6.45) is 0. The van der Waals surface area contributed by atoms with Gasteiger partial charge >= 0.3 is 5.97 Å². The van der Waals surface area contributed by atoms with Crippen molar-refractivity contribution in [1.29, 1.82) is 0 Å². The molecule has 0 radical (unpaired) electrons. The molecular weight excluding hydrogens is 226 g/mol. The molecule has 0 saturated heterocycles. The molecule has 1 aromatic carbocycles. The molecule has 0 aliphatic rings. The van der Waals surface area contributed by atoms with Gasteiger partial charge in [0.15, 0.2) is 0 Å². The van der Waals surface area contributed by atoms with Crippen molar-refractivity contribution in [3.8, 4) is 0 Å². The van der Waals surface area contributed by atoms with Crippen LogP contribution in [0.15, 0.2) is 12.1 Å². The lowest BCUT2D eigenvalue weighted by Gasteiger charge is -2.24. The van der Waals surface area contributed by atoms with Crippen molar-refractivity contribution >= 4 is 18.4 Å². The summed E-state index contributed by atoms with van der Waals surface area (Å²) >= 11 is 0. The Labute approximate surface area is 102 Å². The minimum Gasteiger partial charge on any atom is -0.480 e. The molecule has 0 heterocycles. The zero-order valence-electron chi connectivity index (χ0n) is 10.00. The summed E-state index contributed by atoms with van der Waals surface area (Å²) < 4.78 is 0. The van der Waals surface area contributed by atoms with Crippen LogP contribution in [0, 0.1) is 20.8 Å². The van der Waals surface area contributed by atoms with Gasteiger partial charge in [-0.15, -0.1) is 12.4 Å². The lowest BCUT2D eigenvalue weighted by Crippen LogP contribution is -2.43. The quantitative estimate of drug-likeness (QED) is 0.838. The largest absolute Gasteiger partial charge is 0.480 e. The first-order valence-corrected chi connectivity index (χ1v) is 4.87. The number of halogens is 1. The SMILES string of the molecule is Cc1cc(C)c(C(C)(N)C(=O)O)c(C)c1.Cl. The van der Waals surface area contributed by atoms with E-state index >= 15 is 0 Å². The molecule has 4 heteroatoms. The Morgan fingerprint density at radius 1 is 1.25 bits per heavy atom. The predicted molar refractivity (Wildman–Crippen MR) is 67.1 cm³/mol. The summed E-state index contributed by atoms with van der Waals surface area (Å²) in [6.45, 7) is 7.30. The topological polar surface area (TPSA) is 63.3 Å². The lowest BCUT2D eigenvalue weighted by molar-refractivity contribution is -0.143. The highest BCUT2D eigenvalue weighted by Crippen LogP contribution is 2.26. The molecule has 0 aliphatic carbocycles. The fraction of sp³-hybridized carbons (Fsp3) is 0.417. The summed E-state index contributed by atoms with van der Waals surface area (Å²) in [4.78, 5) is 11.1. The Hall–Kier alpha value is -1.06. The molecule has 3 N–H and O–H groups in total. The molecule has 1 rings (SSSR count). The Balaban J connectivity index is 0.00000225. The van der Waals surface area contributed by atoms with Crippen molar-refractivity contribution in [3.05, 3.63) is 34.4 Å². The highest BCUT2D eigenvalue weighted by atomic mass is 35.5. The number of carbonyl (C=O) groups is 1. The highest BCUT2D eigenvalue weighted by Gasteiger charge is 2.33. The monoisotopic (exact) mass is 243 g/mol. The molecule has 1 aromatic rings. The molecule has 16 heavy (non-hydrogen) atoms. The van der Waals surface area contributed by atoms with Gasteiger partial charge in [0.2, 0.25) is 0 Å². The normalized spacial score (nSPS) is 13.8. The van der Waals surface area contributed by atoms with Crippen molar-refractivity contribution < 1.29 is 9.90 Å². The van der Waals surface area contributed by atoms with Gasteiger partial charge in [0.25, 0.3) is 0 Å².